The van der Waals surface area contributed by atoms with Gasteiger partial charge in [-0.2, -0.15) is 0 Å². The van der Waals surface area contributed by atoms with Crippen LogP contribution in [0.5, 0.6) is 0 Å². The fraction of sp³-hybridized carbons (Fsp3) is 0.429. The number of amides is 3. The number of nitrogens with two attached hydrogens (primary N) is 1. The van der Waals surface area contributed by atoms with E-state index >= 15 is 0 Å². The highest BCUT2D eigenvalue weighted by Gasteiger charge is 2.20. The highest BCUT2D eigenvalue weighted by atomic mass is 16.2. The molecule has 0 aromatic heterocycles. The van der Waals surface area contributed by atoms with Gasteiger partial charge in [0.05, 0.1) is 0 Å². The predicted molar refractivity (Wildman–Crippen MR) is 79.4 cm³/mol. The number of hydrogen-bond donors (Lipinski definition) is 3. The molecule has 0 heterocycles. The van der Waals surface area contributed by atoms with Crippen molar-refractivity contribution in [2.45, 2.75) is 26.4 Å². The molecule has 0 saturated carbocycles. The minimum atomic E-state index is -0.478. The quantitative estimate of drug-likeness (QED) is 0.744. The summed E-state index contributed by atoms with van der Waals surface area (Å²) in [5.74, 6) is -0.350. The van der Waals surface area contributed by atoms with E-state index in [0.717, 1.165) is 11.3 Å². The Hall–Kier alpha value is -2.08. The molecule has 1 atom stereocenters. The molecular weight excluding hydrogens is 256 g/mol. The maximum atomic E-state index is 12.0. The van der Waals surface area contributed by atoms with Crippen LogP contribution in [0.3, 0.4) is 0 Å². The van der Waals surface area contributed by atoms with Crippen molar-refractivity contribution in [2.75, 3.05) is 18.5 Å². The summed E-state index contributed by atoms with van der Waals surface area (Å²) in [5, 5.41) is 4.83. The first kappa shape index (κ1) is 16.0. The third-order valence-electron chi connectivity index (χ3n) is 3.09. The summed E-state index contributed by atoms with van der Waals surface area (Å²) in [6, 6.07) is 6.70. The predicted octanol–water partition coefficient (Wildman–Crippen LogP) is 0.816. The monoisotopic (exact) mass is 278 g/mol. The van der Waals surface area contributed by atoms with E-state index in [2.05, 4.69) is 10.6 Å². The summed E-state index contributed by atoms with van der Waals surface area (Å²) >= 11 is 0. The number of anilines is 1. The Kier molecular flexibility index (Phi) is 5.99. The molecule has 1 aromatic rings. The van der Waals surface area contributed by atoms with Crippen LogP contribution in [0.1, 0.15) is 19.4 Å². The zero-order valence-corrected chi connectivity index (χ0v) is 12.1. The van der Waals surface area contributed by atoms with Crippen molar-refractivity contribution in [1.29, 1.82) is 0 Å². The Bertz CT molecular complexity index is 476. The number of benzene rings is 1. The molecule has 1 aromatic carbocycles. The number of imide groups is 1. The van der Waals surface area contributed by atoms with E-state index in [1.807, 2.05) is 24.3 Å². The molecule has 0 radical (unpaired) electrons. The average molecular weight is 278 g/mol. The van der Waals surface area contributed by atoms with E-state index < -0.39 is 12.1 Å². The summed E-state index contributed by atoms with van der Waals surface area (Å²) in [5.41, 5.74) is 7.48. The van der Waals surface area contributed by atoms with Gasteiger partial charge in [-0.1, -0.05) is 12.1 Å². The largest absolute Gasteiger partial charge is 0.363 e. The fourth-order valence-corrected chi connectivity index (χ4v) is 1.72. The van der Waals surface area contributed by atoms with Gasteiger partial charge >= 0.3 is 6.03 Å². The Balaban J connectivity index is 2.72. The SMILES string of the molecule is CCNC(=O)NC(=O)C(C)N(C)c1cccc(CN)c1. The molecule has 0 aliphatic heterocycles. The van der Waals surface area contributed by atoms with Crippen LogP contribution in [-0.4, -0.2) is 31.6 Å². The second kappa shape index (κ2) is 7.49. The van der Waals surface area contributed by atoms with Gasteiger partial charge in [0.25, 0.3) is 0 Å². The molecule has 0 aliphatic carbocycles. The smallest absolute Gasteiger partial charge is 0.321 e. The summed E-state index contributed by atoms with van der Waals surface area (Å²) in [4.78, 5) is 25.1. The number of nitrogens with one attached hydrogen (secondary N) is 2. The summed E-state index contributed by atoms with van der Waals surface area (Å²) in [6.07, 6.45) is 0. The number of carbonyl (C=O) groups is 2. The molecule has 4 N–H and O–H groups in total. The highest BCUT2D eigenvalue weighted by molar-refractivity contribution is 5.98. The third-order valence-corrected chi connectivity index (χ3v) is 3.09. The zero-order valence-electron chi connectivity index (χ0n) is 12.1. The van der Waals surface area contributed by atoms with Crippen LogP contribution in [0.15, 0.2) is 24.3 Å². The average Bonchev–Trinajstić information content (AvgIpc) is 2.45. The summed E-state index contributed by atoms with van der Waals surface area (Å²) in [6.45, 7) is 4.45. The van der Waals surface area contributed by atoms with Crippen molar-refractivity contribution >= 4 is 17.6 Å². The van der Waals surface area contributed by atoms with E-state index in [9.17, 15) is 9.59 Å². The van der Waals surface area contributed by atoms with Gasteiger partial charge in [0.1, 0.15) is 6.04 Å². The molecule has 110 valence electrons. The number of hydrogen-bond acceptors (Lipinski definition) is 4. The molecule has 1 unspecified atom stereocenters. The van der Waals surface area contributed by atoms with E-state index in [1.165, 1.54) is 0 Å². The van der Waals surface area contributed by atoms with Crippen LogP contribution in [0.25, 0.3) is 0 Å². The van der Waals surface area contributed by atoms with Gasteiger partial charge in [-0.25, -0.2) is 4.79 Å². The van der Waals surface area contributed by atoms with Crippen LogP contribution in [-0.2, 0) is 11.3 Å². The number of nitrogens with zero attached hydrogens (tertiary/aromatic N) is 1. The lowest BCUT2D eigenvalue weighted by atomic mass is 10.1. The van der Waals surface area contributed by atoms with Gasteiger partial charge in [0, 0.05) is 25.8 Å². The fourth-order valence-electron chi connectivity index (χ4n) is 1.72. The molecule has 0 bridgehead atoms. The van der Waals surface area contributed by atoms with Crippen LogP contribution in [0, 0.1) is 0 Å². The molecule has 6 heteroatoms. The molecule has 6 nitrogen and oxygen atoms in total. The van der Waals surface area contributed by atoms with Crippen molar-refractivity contribution in [3.8, 4) is 0 Å². The number of rotatable bonds is 5. The zero-order chi connectivity index (χ0) is 15.1. The lowest BCUT2D eigenvalue weighted by Gasteiger charge is -2.26. The first-order valence-corrected chi connectivity index (χ1v) is 6.60. The van der Waals surface area contributed by atoms with Gasteiger partial charge in [-0.05, 0) is 31.5 Å². The van der Waals surface area contributed by atoms with Crippen LogP contribution in [0.2, 0.25) is 0 Å². The Morgan fingerprint density at radius 2 is 2.10 bits per heavy atom. The van der Waals surface area contributed by atoms with Crippen molar-refractivity contribution in [3.05, 3.63) is 29.8 Å². The van der Waals surface area contributed by atoms with Crippen molar-refractivity contribution in [2.24, 2.45) is 5.73 Å². The standard InChI is InChI=1S/C14H22N4O2/c1-4-16-14(20)17-13(19)10(2)18(3)12-7-5-6-11(8-12)9-15/h5-8,10H,4,9,15H2,1-3H3,(H2,16,17,19,20). The van der Waals surface area contributed by atoms with E-state index in [-0.39, 0.29) is 5.91 Å². The van der Waals surface area contributed by atoms with Crippen molar-refractivity contribution in [1.82, 2.24) is 10.6 Å². The molecule has 3 amide bonds. The second-order valence-corrected chi connectivity index (χ2v) is 4.51. The van der Waals surface area contributed by atoms with Gasteiger partial charge in [-0.15, -0.1) is 0 Å². The maximum Gasteiger partial charge on any atom is 0.321 e. The summed E-state index contributed by atoms with van der Waals surface area (Å²) in [7, 11) is 1.80. The van der Waals surface area contributed by atoms with Gasteiger partial charge in [0.15, 0.2) is 0 Å². The Morgan fingerprint density at radius 1 is 1.40 bits per heavy atom. The molecule has 0 aliphatic rings. The Labute approximate surface area is 119 Å². The minimum Gasteiger partial charge on any atom is -0.363 e. The van der Waals surface area contributed by atoms with Crippen LogP contribution in [0.4, 0.5) is 10.5 Å². The van der Waals surface area contributed by atoms with E-state index in [1.54, 1.807) is 25.8 Å². The lowest BCUT2D eigenvalue weighted by Crippen LogP contribution is -2.48. The molecular formula is C14H22N4O2. The maximum absolute atomic E-state index is 12.0. The number of likely N-dealkylation sites (N-methyl/N-ethyl adjacent to an activating group) is 1. The number of carbonyl (C=O) groups excluding carboxylic acids is 2. The van der Waals surface area contributed by atoms with Gasteiger partial charge < -0.3 is 16.0 Å². The molecule has 0 spiro atoms. The van der Waals surface area contributed by atoms with Crippen molar-refractivity contribution in [3.63, 3.8) is 0 Å². The molecule has 0 fully saturated rings. The lowest BCUT2D eigenvalue weighted by molar-refractivity contribution is -0.120. The van der Waals surface area contributed by atoms with Gasteiger partial charge in [0.2, 0.25) is 5.91 Å². The van der Waals surface area contributed by atoms with Crippen molar-refractivity contribution < 1.29 is 9.59 Å². The molecule has 0 saturated heterocycles. The van der Waals surface area contributed by atoms with E-state index in [0.29, 0.717) is 13.1 Å². The first-order valence-electron chi connectivity index (χ1n) is 6.60. The second-order valence-electron chi connectivity index (χ2n) is 4.51. The molecule has 20 heavy (non-hydrogen) atoms. The van der Waals surface area contributed by atoms with Gasteiger partial charge in [-0.3, -0.25) is 10.1 Å². The van der Waals surface area contributed by atoms with E-state index in [4.69, 9.17) is 5.73 Å². The molecule has 1 rings (SSSR count). The van der Waals surface area contributed by atoms with Crippen LogP contribution < -0.4 is 21.3 Å². The first-order chi connectivity index (χ1) is 9.49. The number of urea groups is 1. The topological polar surface area (TPSA) is 87.5 Å². The third kappa shape index (κ3) is 4.24. The normalized spacial score (nSPS) is 11.6. The highest BCUT2D eigenvalue weighted by Crippen LogP contribution is 2.17. The van der Waals surface area contributed by atoms with Crippen LogP contribution >= 0.6 is 0 Å². The Morgan fingerprint density at radius 3 is 2.70 bits per heavy atom. The summed E-state index contributed by atoms with van der Waals surface area (Å²) < 4.78 is 0. The minimum absolute atomic E-state index is 0.350.